The maximum atomic E-state index is 12.5. The van der Waals surface area contributed by atoms with E-state index in [0.717, 1.165) is 23.6 Å². The van der Waals surface area contributed by atoms with Crippen molar-refractivity contribution in [3.8, 4) is 17.6 Å². The smallest absolute Gasteiger partial charge is 0.345 e. The summed E-state index contributed by atoms with van der Waals surface area (Å²) in [5.41, 5.74) is 0.867. The molecule has 0 saturated heterocycles. The number of esters is 1. The van der Waals surface area contributed by atoms with E-state index < -0.39 is 5.97 Å². The molecule has 3 rings (SSSR count). The molecular formula is C24H22ClNO3. The van der Waals surface area contributed by atoms with Gasteiger partial charge in [-0.2, -0.15) is 5.26 Å². The Kier molecular flexibility index (Phi) is 7.10. The molecule has 0 aliphatic rings. The maximum Gasteiger partial charge on any atom is 0.345 e. The number of nitriles is 1. The zero-order chi connectivity index (χ0) is 20.6. The molecule has 0 heterocycles. The lowest BCUT2D eigenvalue weighted by Crippen LogP contribution is -2.09. The molecule has 4 nitrogen and oxygen atoms in total. The first kappa shape index (κ1) is 20.7. The zero-order valence-electron chi connectivity index (χ0n) is 16.3. The van der Waals surface area contributed by atoms with Gasteiger partial charge < -0.3 is 9.47 Å². The largest absolute Gasteiger partial charge is 0.494 e. The molecule has 148 valence electrons. The average Bonchev–Trinajstić information content (AvgIpc) is 2.73. The third kappa shape index (κ3) is 5.49. The van der Waals surface area contributed by atoms with E-state index in [4.69, 9.17) is 26.3 Å². The SMILES string of the molecule is CCCCCCOc1ccc(C(=O)Oc2ccc3cc(C#N)ccc3c2)c(Cl)c1. The molecule has 0 amide bonds. The van der Waals surface area contributed by atoms with E-state index in [1.54, 1.807) is 42.5 Å². The minimum Gasteiger partial charge on any atom is -0.494 e. The molecule has 3 aromatic rings. The Bertz CT molecular complexity index is 1060. The van der Waals surface area contributed by atoms with Crippen LogP contribution in [0.25, 0.3) is 10.8 Å². The van der Waals surface area contributed by atoms with Gasteiger partial charge in [0, 0.05) is 0 Å². The molecule has 0 atom stereocenters. The Morgan fingerprint density at radius 2 is 1.72 bits per heavy atom. The van der Waals surface area contributed by atoms with Gasteiger partial charge in [0.1, 0.15) is 11.5 Å². The van der Waals surface area contributed by atoms with Gasteiger partial charge in [-0.3, -0.25) is 0 Å². The number of hydrogen-bond donors (Lipinski definition) is 0. The zero-order valence-corrected chi connectivity index (χ0v) is 17.0. The second kappa shape index (κ2) is 9.95. The van der Waals surface area contributed by atoms with Crippen LogP contribution in [0.1, 0.15) is 48.5 Å². The first-order chi connectivity index (χ1) is 14.1. The van der Waals surface area contributed by atoms with E-state index in [1.165, 1.54) is 12.8 Å². The van der Waals surface area contributed by atoms with Crippen molar-refractivity contribution in [3.05, 3.63) is 70.7 Å². The van der Waals surface area contributed by atoms with Crippen LogP contribution >= 0.6 is 11.6 Å². The highest BCUT2D eigenvalue weighted by Crippen LogP contribution is 2.26. The van der Waals surface area contributed by atoms with Crippen LogP contribution in [0.4, 0.5) is 0 Å². The highest BCUT2D eigenvalue weighted by Gasteiger charge is 2.14. The Morgan fingerprint density at radius 3 is 2.48 bits per heavy atom. The first-order valence-electron chi connectivity index (χ1n) is 9.69. The van der Waals surface area contributed by atoms with Crippen LogP contribution in [-0.2, 0) is 0 Å². The molecule has 0 fully saturated rings. The standard InChI is InChI=1S/C24H22ClNO3/c1-2-3-4-5-12-28-20-10-11-22(23(25)15-20)24(27)29-21-9-8-18-13-17(16-26)6-7-19(18)14-21/h6-11,13-15H,2-5,12H2,1H3. The molecule has 3 aromatic carbocycles. The summed E-state index contributed by atoms with van der Waals surface area (Å²) in [4.78, 5) is 12.5. The van der Waals surface area contributed by atoms with Crippen molar-refractivity contribution in [2.45, 2.75) is 32.6 Å². The summed E-state index contributed by atoms with van der Waals surface area (Å²) < 4.78 is 11.2. The van der Waals surface area contributed by atoms with Gasteiger partial charge in [-0.1, -0.05) is 49.9 Å². The summed E-state index contributed by atoms with van der Waals surface area (Å²) in [7, 11) is 0. The van der Waals surface area contributed by atoms with Gasteiger partial charge in [0.2, 0.25) is 0 Å². The number of nitrogens with zero attached hydrogens (tertiary/aromatic N) is 1. The molecular weight excluding hydrogens is 386 g/mol. The van der Waals surface area contributed by atoms with E-state index in [-0.39, 0.29) is 5.56 Å². The van der Waals surface area contributed by atoms with Gasteiger partial charge >= 0.3 is 5.97 Å². The van der Waals surface area contributed by atoms with E-state index in [2.05, 4.69) is 13.0 Å². The number of fused-ring (bicyclic) bond motifs is 1. The Morgan fingerprint density at radius 1 is 0.966 bits per heavy atom. The van der Waals surface area contributed by atoms with Crippen LogP contribution in [0, 0.1) is 11.3 Å². The van der Waals surface area contributed by atoms with Crippen LogP contribution in [-0.4, -0.2) is 12.6 Å². The Balaban J connectivity index is 1.65. The summed E-state index contributed by atoms with van der Waals surface area (Å²) >= 11 is 6.27. The van der Waals surface area contributed by atoms with Crippen molar-refractivity contribution in [1.82, 2.24) is 0 Å². The highest BCUT2D eigenvalue weighted by molar-refractivity contribution is 6.33. The van der Waals surface area contributed by atoms with Crippen LogP contribution < -0.4 is 9.47 Å². The first-order valence-corrected chi connectivity index (χ1v) is 10.1. The number of carbonyl (C=O) groups is 1. The second-order valence-electron chi connectivity index (χ2n) is 6.78. The topological polar surface area (TPSA) is 59.3 Å². The highest BCUT2D eigenvalue weighted by atomic mass is 35.5. The number of benzene rings is 3. The number of unbranched alkanes of at least 4 members (excludes halogenated alkanes) is 3. The molecule has 0 aromatic heterocycles. The molecule has 0 saturated carbocycles. The third-order valence-corrected chi connectivity index (χ3v) is 4.89. The van der Waals surface area contributed by atoms with Crippen LogP contribution in [0.15, 0.2) is 54.6 Å². The molecule has 0 spiro atoms. The van der Waals surface area contributed by atoms with Gasteiger partial charge in [0.05, 0.1) is 28.8 Å². The normalized spacial score (nSPS) is 10.5. The summed E-state index contributed by atoms with van der Waals surface area (Å²) in [6.07, 6.45) is 4.51. The fraction of sp³-hybridized carbons (Fsp3) is 0.250. The van der Waals surface area contributed by atoms with E-state index >= 15 is 0 Å². The minimum absolute atomic E-state index is 0.282. The molecule has 0 radical (unpaired) electrons. The molecule has 5 heteroatoms. The minimum atomic E-state index is -0.530. The van der Waals surface area contributed by atoms with E-state index in [9.17, 15) is 4.79 Å². The maximum absolute atomic E-state index is 12.5. The lowest BCUT2D eigenvalue weighted by atomic mass is 10.1. The lowest BCUT2D eigenvalue weighted by Gasteiger charge is -2.10. The van der Waals surface area contributed by atoms with E-state index in [0.29, 0.717) is 28.7 Å². The summed E-state index contributed by atoms with van der Waals surface area (Å²) in [5, 5.41) is 11.1. The number of carbonyl (C=O) groups excluding carboxylic acids is 1. The second-order valence-corrected chi connectivity index (χ2v) is 7.18. The predicted molar refractivity (Wildman–Crippen MR) is 115 cm³/mol. The van der Waals surface area contributed by atoms with E-state index in [1.807, 2.05) is 12.1 Å². The van der Waals surface area contributed by atoms with Crippen LogP contribution in [0.2, 0.25) is 5.02 Å². The Hall–Kier alpha value is -3.03. The summed E-state index contributed by atoms with van der Waals surface area (Å²) in [6, 6.07) is 17.7. The number of ether oxygens (including phenoxy) is 2. The fourth-order valence-corrected chi connectivity index (χ4v) is 3.24. The number of halogens is 1. The predicted octanol–water partition coefficient (Wildman–Crippen LogP) is 6.54. The lowest BCUT2D eigenvalue weighted by molar-refractivity contribution is 0.0735. The molecule has 0 unspecified atom stereocenters. The average molecular weight is 408 g/mol. The van der Waals surface area contributed by atoms with Crippen molar-refractivity contribution in [2.75, 3.05) is 6.61 Å². The molecule has 0 bridgehead atoms. The van der Waals surface area contributed by atoms with Gasteiger partial charge in [-0.15, -0.1) is 0 Å². The fourth-order valence-electron chi connectivity index (χ4n) is 2.99. The molecule has 0 aliphatic heterocycles. The van der Waals surface area contributed by atoms with Gasteiger partial charge in [-0.25, -0.2) is 4.79 Å². The quantitative estimate of drug-likeness (QED) is 0.241. The van der Waals surface area contributed by atoms with Crippen molar-refractivity contribution < 1.29 is 14.3 Å². The van der Waals surface area contributed by atoms with Crippen LogP contribution in [0.3, 0.4) is 0 Å². The Labute approximate surface area is 175 Å². The number of hydrogen-bond acceptors (Lipinski definition) is 4. The van der Waals surface area contributed by atoms with Gasteiger partial charge in [-0.05, 0) is 59.7 Å². The van der Waals surface area contributed by atoms with Crippen molar-refractivity contribution in [2.24, 2.45) is 0 Å². The molecule has 0 aliphatic carbocycles. The summed E-state index contributed by atoms with van der Waals surface area (Å²) in [5.74, 6) is 0.527. The van der Waals surface area contributed by atoms with Crippen molar-refractivity contribution >= 4 is 28.3 Å². The monoisotopic (exact) mass is 407 g/mol. The summed E-state index contributed by atoms with van der Waals surface area (Å²) in [6.45, 7) is 2.80. The van der Waals surface area contributed by atoms with Gasteiger partial charge in [0.25, 0.3) is 0 Å². The third-order valence-electron chi connectivity index (χ3n) is 4.58. The van der Waals surface area contributed by atoms with Crippen LogP contribution in [0.5, 0.6) is 11.5 Å². The van der Waals surface area contributed by atoms with Crippen molar-refractivity contribution in [3.63, 3.8) is 0 Å². The van der Waals surface area contributed by atoms with Gasteiger partial charge in [0.15, 0.2) is 0 Å². The molecule has 0 N–H and O–H groups in total. The van der Waals surface area contributed by atoms with Crippen molar-refractivity contribution in [1.29, 1.82) is 5.26 Å². The molecule has 29 heavy (non-hydrogen) atoms. The number of rotatable bonds is 8.